The lowest BCUT2D eigenvalue weighted by atomic mass is 10.2. The number of nitrogens with zero attached hydrogens (tertiary/aromatic N) is 1. The van der Waals surface area contributed by atoms with Crippen molar-refractivity contribution in [1.29, 1.82) is 0 Å². The molecule has 0 saturated carbocycles. The Hall–Kier alpha value is -2.74. The number of rotatable bonds is 10. The second kappa shape index (κ2) is 9.98. The summed E-state index contributed by atoms with van der Waals surface area (Å²) in [7, 11) is -2.44. The number of sulfonamides is 1. The van der Waals surface area contributed by atoms with Crippen LogP contribution in [0.15, 0.2) is 46.4 Å². The molecule has 152 valence electrons. The van der Waals surface area contributed by atoms with E-state index in [4.69, 9.17) is 14.2 Å². The Labute approximate surface area is 166 Å². The predicted octanol–water partition coefficient (Wildman–Crippen LogP) is 3.50. The van der Waals surface area contributed by atoms with Gasteiger partial charge in [0.15, 0.2) is 11.5 Å². The summed E-state index contributed by atoms with van der Waals surface area (Å²) in [4.78, 5) is 2.25. The first-order valence-electron chi connectivity index (χ1n) is 9.00. The first-order valence-corrected chi connectivity index (χ1v) is 10.5. The second-order valence-electron chi connectivity index (χ2n) is 5.99. The van der Waals surface area contributed by atoms with Crippen molar-refractivity contribution in [3.63, 3.8) is 0 Å². The maximum atomic E-state index is 12.5. The van der Waals surface area contributed by atoms with E-state index in [0.717, 1.165) is 12.0 Å². The lowest BCUT2D eigenvalue weighted by molar-refractivity contribution is 0.277. The van der Waals surface area contributed by atoms with Gasteiger partial charge in [-0.15, -0.1) is 0 Å². The quantitative estimate of drug-likeness (QED) is 0.482. The lowest BCUT2D eigenvalue weighted by Crippen LogP contribution is -2.19. The van der Waals surface area contributed by atoms with Crippen molar-refractivity contribution in [3.05, 3.63) is 47.5 Å². The zero-order chi connectivity index (χ0) is 20.6. The molecule has 0 unspecified atom stereocenters. The fourth-order valence-corrected chi connectivity index (χ4v) is 3.46. The Bertz CT molecular complexity index is 926. The van der Waals surface area contributed by atoms with Gasteiger partial charge in [-0.3, -0.25) is 0 Å². The molecule has 2 aromatic carbocycles. The molecule has 0 aliphatic heterocycles. The monoisotopic (exact) mass is 406 g/mol. The number of methoxy groups -OCH3 is 1. The van der Waals surface area contributed by atoms with E-state index in [1.165, 1.54) is 19.4 Å². The smallest absolute Gasteiger partial charge is 0.280 e. The average Bonchev–Trinajstić information content (AvgIpc) is 2.67. The van der Waals surface area contributed by atoms with Crippen LogP contribution in [0.1, 0.15) is 31.4 Å². The molecule has 0 amide bonds. The van der Waals surface area contributed by atoms with Gasteiger partial charge in [-0.1, -0.05) is 13.0 Å². The number of hydrogen-bond acceptors (Lipinski definition) is 6. The summed E-state index contributed by atoms with van der Waals surface area (Å²) in [5.41, 5.74) is 1.47. The first kappa shape index (κ1) is 21.6. The minimum Gasteiger partial charge on any atom is -0.495 e. The molecule has 0 radical (unpaired) electrons. The summed E-state index contributed by atoms with van der Waals surface area (Å²) in [6.45, 7) is 6.79. The molecule has 1 N–H and O–H groups in total. The average molecular weight is 407 g/mol. The third-order valence-corrected chi connectivity index (χ3v) is 4.97. The Morgan fingerprint density at radius 2 is 1.79 bits per heavy atom. The highest BCUT2D eigenvalue weighted by Crippen LogP contribution is 2.28. The van der Waals surface area contributed by atoms with Gasteiger partial charge in [0, 0.05) is 0 Å². The summed E-state index contributed by atoms with van der Waals surface area (Å²) in [6.07, 6.45) is 2.30. The highest BCUT2D eigenvalue weighted by Gasteiger charge is 2.19. The third-order valence-electron chi connectivity index (χ3n) is 3.72. The van der Waals surface area contributed by atoms with Crippen molar-refractivity contribution in [2.45, 2.75) is 32.1 Å². The standard InChI is InChI=1S/C20H26N2O5S/c1-5-11-27-17-10-8-16(13-19(17)26-6-2)14-21-22-28(23,24)20-12-15(3)7-9-18(20)25-4/h7-10,12-14,22H,5-6,11H2,1-4H3/b21-14+. The number of nitrogens with one attached hydrogen (secondary N) is 1. The van der Waals surface area contributed by atoms with Gasteiger partial charge in [0.25, 0.3) is 10.0 Å². The molecule has 0 aliphatic carbocycles. The van der Waals surface area contributed by atoms with Gasteiger partial charge in [-0.25, -0.2) is 0 Å². The van der Waals surface area contributed by atoms with Crippen LogP contribution in [0, 0.1) is 6.92 Å². The second-order valence-corrected chi connectivity index (χ2v) is 7.62. The van der Waals surface area contributed by atoms with Crippen molar-refractivity contribution in [1.82, 2.24) is 4.83 Å². The minimum atomic E-state index is -3.87. The molecule has 0 spiro atoms. The Morgan fingerprint density at radius 1 is 1.04 bits per heavy atom. The van der Waals surface area contributed by atoms with Gasteiger partial charge in [0.1, 0.15) is 10.6 Å². The molecule has 2 rings (SSSR count). The van der Waals surface area contributed by atoms with Crippen LogP contribution in [0.2, 0.25) is 0 Å². The van der Waals surface area contributed by atoms with Crippen molar-refractivity contribution in [2.24, 2.45) is 5.10 Å². The normalized spacial score (nSPS) is 11.4. The number of aryl methyl sites for hydroxylation is 1. The van der Waals surface area contributed by atoms with Crippen LogP contribution in [-0.2, 0) is 10.0 Å². The fourth-order valence-electron chi connectivity index (χ4n) is 2.42. The SMILES string of the molecule is CCCOc1ccc(/C=N/NS(=O)(=O)c2cc(C)ccc2OC)cc1OCC. The molecule has 0 aromatic heterocycles. The fraction of sp³-hybridized carbons (Fsp3) is 0.350. The summed E-state index contributed by atoms with van der Waals surface area (Å²) in [6, 6.07) is 10.2. The molecular formula is C20H26N2O5S. The molecule has 0 saturated heterocycles. The van der Waals surface area contributed by atoms with Crippen LogP contribution in [0.3, 0.4) is 0 Å². The Kier molecular flexibility index (Phi) is 7.69. The molecule has 0 atom stereocenters. The molecule has 28 heavy (non-hydrogen) atoms. The molecule has 8 heteroatoms. The molecule has 7 nitrogen and oxygen atoms in total. The maximum Gasteiger partial charge on any atom is 0.280 e. The maximum absolute atomic E-state index is 12.5. The third kappa shape index (κ3) is 5.63. The van der Waals surface area contributed by atoms with E-state index < -0.39 is 10.0 Å². The van der Waals surface area contributed by atoms with E-state index in [2.05, 4.69) is 9.93 Å². The van der Waals surface area contributed by atoms with Gasteiger partial charge >= 0.3 is 0 Å². The lowest BCUT2D eigenvalue weighted by Gasteiger charge is -2.12. The van der Waals surface area contributed by atoms with Crippen LogP contribution < -0.4 is 19.0 Å². The zero-order valence-corrected chi connectivity index (χ0v) is 17.4. The van der Waals surface area contributed by atoms with Gasteiger partial charge in [-0.05, 0) is 61.7 Å². The molecule has 2 aromatic rings. The summed E-state index contributed by atoms with van der Waals surface area (Å²) < 4.78 is 41.5. The first-order chi connectivity index (χ1) is 13.4. The van der Waals surface area contributed by atoms with Crippen LogP contribution in [0.4, 0.5) is 0 Å². The van der Waals surface area contributed by atoms with Crippen molar-refractivity contribution in [2.75, 3.05) is 20.3 Å². The number of benzene rings is 2. The number of ether oxygens (including phenoxy) is 3. The number of hydrogen-bond donors (Lipinski definition) is 1. The zero-order valence-electron chi connectivity index (χ0n) is 16.6. The highest BCUT2D eigenvalue weighted by atomic mass is 32.2. The van der Waals surface area contributed by atoms with E-state index in [-0.39, 0.29) is 10.6 Å². The minimum absolute atomic E-state index is 0.0328. The Balaban J connectivity index is 2.19. The van der Waals surface area contributed by atoms with Gasteiger partial charge < -0.3 is 14.2 Å². The highest BCUT2D eigenvalue weighted by molar-refractivity contribution is 7.89. The van der Waals surface area contributed by atoms with Gasteiger partial charge in [0.05, 0.1) is 26.5 Å². The van der Waals surface area contributed by atoms with E-state index >= 15 is 0 Å². The van der Waals surface area contributed by atoms with E-state index in [9.17, 15) is 8.42 Å². The van der Waals surface area contributed by atoms with Crippen LogP contribution in [-0.4, -0.2) is 35.0 Å². The van der Waals surface area contributed by atoms with Crippen molar-refractivity contribution in [3.8, 4) is 17.2 Å². The number of hydrazone groups is 1. The van der Waals surface area contributed by atoms with Gasteiger partial charge in [-0.2, -0.15) is 18.4 Å². The van der Waals surface area contributed by atoms with Gasteiger partial charge in [0.2, 0.25) is 0 Å². The van der Waals surface area contributed by atoms with E-state index in [0.29, 0.717) is 30.3 Å². The van der Waals surface area contributed by atoms with Crippen molar-refractivity contribution >= 4 is 16.2 Å². The van der Waals surface area contributed by atoms with Crippen LogP contribution in [0.25, 0.3) is 0 Å². The molecule has 0 heterocycles. The van der Waals surface area contributed by atoms with Crippen LogP contribution in [0.5, 0.6) is 17.2 Å². The molecule has 0 fully saturated rings. The topological polar surface area (TPSA) is 86.2 Å². The summed E-state index contributed by atoms with van der Waals surface area (Å²) in [5.74, 6) is 1.48. The molecule has 0 aliphatic rings. The van der Waals surface area contributed by atoms with Crippen LogP contribution >= 0.6 is 0 Å². The largest absolute Gasteiger partial charge is 0.495 e. The Morgan fingerprint density at radius 3 is 2.46 bits per heavy atom. The van der Waals surface area contributed by atoms with Crippen molar-refractivity contribution < 1.29 is 22.6 Å². The van der Waals surface area contributed by atoms with E-state index in [1.807, 2.05) is 13.8 Å². The molecule has 0 bridgehead atoms. The van der Waals surface area contributed by atoms with E-state index in [1.54, 1.807) is 37.3 Å². The predicted molar refractivity (Wildman–Crippen MR) is 109 cm³/mol. The summed E-state index contributed by atoms with van der Waals surface area (Å²) in [5, 5.41) is 3.87. The molecular weight excluding hydrogens is 380 g/mol. The summed E-state index contributed by atoms with van der Waals surface area (Å²) >= 11 is 0.